The standard InChI is InChI=1S/C21H21NO7/c1-11-7-17(23)19(25)20(29-11)14(10-18(24)28-4)15-8-12-5-6-13(27-3)9-16(12)22(2)21(15)26/h5-9,14,25H,10H2,1-4H3/t14-/m1/s1. The quantitative estimate of drug-likeness (QED) is 0.655. The summed E-state index contributed by atoms with van der Waals surface area (Å²) in [5, 5.41) is 11.0. The number of ether oxygens (including phenoxy) is 2. The third-order valence-electron chi connectivity index (χ3n) is 4.82. The third-order valence-corrected chi connectivity index (χ3v) is 4.82. The molecular formula is C21H21NO7. The van der Waals surface area contributed by atoms with Gasteiger partial charge in [0, 0.05) is 24.7 Å². The van der Waals surface area contributed by atoms with Gasteiger partial charge in [-0.3, -0.25) is 14.4 Å². The van der Waals surface area contributed by atoms with Crippen molar-refractivity contribution in [2.45, 2.75) is 19.3 Å². The van der Waals surface area contributed by atoms with Gasteiger partial charge in [-0.1, -0.05) is 0 Å². The Kier molecular flexibility index (Phi) is 5.45. The second-order valence-corrected chi connectivity index (χ2v) is 6.66. The number of benzene rings is 1. The van der Waals surface area contributed by atoms with Crippen molar-refractivity contribution in [1.29, 1.82) is 0 Å². The lowest BCUT2D eigenvalue weighted by molar-refractivity contribution is -0.140. The second-order valence-electron chi connectivity index (χ2n) is 6.66. The molecule has 0 fully saturated rings. The molecule has 0 aliphatic carbocycles. The van der Waals surface area contributed by atoms with Crippen molar-refractivity contribution in [2.75, 3.05) is 14.2 Å². The summed E-state index contributed by atoms with van der Waals surface area (Å²) in [7, 11) is 4.34. The molecule has 3 rings (SSSR count). The van der Waals surface area contributed by atoms with Gasteiger partial charge in [-0.15, -0.1) is 0 Å². The number of rotatable bonds is 5. The number of aromatic hydroxyl groups is 1. The van der Waals surface area contributed by atoms with Crippen molar-refractivity contribution in [3.63, 3.8) is 0 Å². The van der Waals surface area contributed by atoms with Crippen LogP contribution in [0.1, 0.15) is 29.4 Å². The second kappa shape index (κ2) is 7.83. The van der Waals surface area contributed by atoms with E-state index in [0.717, 1.165) is 6.07 Å². The van der Waals surface area contributed by atoms with E-state index in [2.05, 4.69) is 0 Å². The predicted molar refractivity (Wildman–Crippen MR) is 106 cm³/mol. The molecule has 8 nitrogen and oxygen atoms in total. The van der Waals surface area contributed by atoms with Crippen molar-refractivity contribution in [1.82, 2.24) is 4.57 Å². The van der Waals surface area contributed by atoms with E-state index in [-0.39, 0.29) is 23.5 Å². The summed E-state index contributed by atoms with van der Waals surface area (Å²) in [5.74, 6) is -1.56. The van der Waals surface area contributed by atoms with Crippen LogP contribution < -0.4 is 15.7 Å². The summed E-state index contributed by atoms with van der Waals surface area (Å²) in [6, 6.07) is 8.00. The van der Waals surface area contributed by atoms with Gasteiger partial charge in [0.05, 0.1) is 32.1 Å². The minimum atomic E-state index is -1.000. The zero-order chi connectivity index (χ0) is 21.3. The van der Waals surface area contributed by atoms with Crippen molar-refractivity contribution in [3.8, 4) is 11.5 Å². The average molecular weight is 399 g/mol. The van der Waals surface area contributed by atoms with Crippen LogP contribution in [0, 0.1) is 6.92 Å². The van der Waals surface area contributed by atoms with Crippen LogP contribution in [-0.4, -0.2) is 29.9 Å². The highest BCUT2D eigenvalue weighted by atomic mass is 16.5. The van der Waals surface area contributed by atoms with Gasteiger partial charge in [-0.25, -0.2) is 0 Å². The first-order chi connectivity index (χ1) is 13.8. The highest BCUT2D eigenvalue weighted by molar-refractivity contribution is 5.82. The van der Waals surface area contributed by atoms with E-state index in [0.29, 0.717) is 16.7 Å². The molecule has 29 heavy (non-hydrogen) atoms. The zero-order valence-corrected chi connectivity index (χ0v) is 16.5. The molecule has 0 unspecified atom stereocenters. The van der Waals surface area contributed by atoms with E-state index in [1.165, 1.54) is 18.8 Å². The smallest absolute Gasteiger partial charge is 0.306 e. The summed E-state index contributed by atoms with van der Waals surface area (Å²) in [4.78, 5) is 37.2. The first kappa shape index (κ1) is 20.2. The van der Waals surface area contributed by atoms with Gasteiger partial charge < -0.3 is 23.6 Å². The lowest BCUT2D eigenvalue weighted by Crippen LogP contribution is -2.26. The maximum Gasteiger partial charge on any atom is 0.306 e. The molecule has 0 bridgehead atoms. The van der Waals surface area contributed by atoms with Gasteiger partial charge in [0.25, 0.3) is 5.56 Å². The molecular weight excluding hydrogens is 378 g/mol. The molecule has 1 atom stereocenters. The van der Waals surface area contributed by atoms with Gasteiger partial charge in [0.15, 0.2) is 5.76 Å². The highest BCUT2D eigenvalue weighted by Crippen LogP contribution is 2.33. The SMILES string of the molecule is COC(=O)C[C@@H](c1oc(C)cc(=O)c1O)c1cc2ccc(OC)cc2n(C)c1=O. The maximum atomic E-state index is 13.1. The summed E-state index contributed by atoms with van der Waals surface area (Å²) in [5.41, 5.74) is -0.228. The van der Waals surface area contributed by atoms with Crippen LogP contribution in [0.2, 0.25) is 0 Å². The van der Waals surface area contributed by atoms with E-state index >= 15 is 0 Å². The number of fused-ring (bicyclic) bond motifs is 1. The van der Waals surface area contributed by atoms with Crippen molar-refractivity contribution >= 4 is 16.9 Å². The fourth-order valence-corrected chi connectivity index (χ4v) is 3.30. The molecule has 0 amide bonds. The van der Waals surface area contributed by atoms with Crippen LogP contribution in [0.15, 0.2) is 44.3 Å². The normalized spacial score (nSPS) is 12.0. The number of aromatic nitrogens is 1. The zero-order valence-electron chi connectivity index (χ0n) is 16.5. The number of esters is 1. The Morgan fingerprint density at radius 1 is 1.21 bits per heavy atom. The van der Waals surface area contributed by atoms with Gasteiger partial charge in [-0.05, 0) is 30.5 Å². The number of methoxy groups -OCH3 is 2. The summed E-state index contributed by atoms with van der Waals surface area (Å²) in [6.45, 7) is 1.55. The third kappa shape index (κ3) is 3.73. The van der Waals surface area contributed by atoms with Gasteiger partial charge in [0.2, 0.25) is 11.2 Å². The Balaban J connectivity index is 2.30. The Labute approximate surface area is 165 Å². The first-order valence-corrected chi connectivity index (χ1v) is 8.85. The minimum Gasteiger partial charge on any atom is -0.502 e. The molecule has 2 aromatic heterocycles. The van der Waals surface area contributed by atoms with Crippen LogP contribution in [0.5, 0.6) is 11.5 Å². The number of carbonyl (C=O) groups excluding carboxylic acids is 1. The summed E-state index contributed by atoms with van der Waals surface area (Å²) >= 11 is 0. The molecule has 0 aliphatic rings. The van der Waals surface area contributed by atoms with E-state index in [4.69, 9.17) is 13.9 Å². The molecule has 152 valence electrons. The van der Waals surface area contributed by atoms with E-state index in [1.54, 1.807) is 38.2 Å². The van der Waals surface area contributed by atoms with Gasteiger partial charge in [0.1, 0.15) is 11.5 Å². The molecule has 1 N–H and O–H groups in total. The lowest BCUT2D eigenvalue weighted by Gasteiger charge is -2.18. The first-order valence-electron chi connectivity index (χ1n) is 8.85. The molecule has 0 radical (unpaired) electrons. The predicted octanol–water partition coefficient (Wildman–Crippen LogP) is 2.21. The number of hydrogen-bond acceptors (Lipinski definition) is 7. The molecule has 1 aromatic carbocycles. The minimum absolute atomic E-state index is 0.148. The fourth-order valence-electron chi connectivity index (χ4n) is 3.30. The monoisotopic (exact) mass is 399 g/mol. The fraction of sp³-hybridized carbons (Fsp3) is 0.286. The molecule has 3 aromatic rings. The number of nitrogens with zero attached hydrogens (tertiary/aromatic N) is 1. The lowest BCUT2D eigenvalue weighted by atomic mass is 9.92. The van der Waals surface area contributed by atoms with Crippen molar-refractivity contribution in [3.05, 3.63) is 68.0 Å². The molecule has 0 spiro atoms. The van der Waals surface area contributed by atoms with Crippen LogP contribution in [0.4, 0.5) is 0 Å². The Bertz CT molecular complexity index is 1210. The summed E-state index contributed by atoms with van der Waals surface area (Å²) in [6.07, 6.45) is -0.284. The van der Waals surface area contributed by atoms with Gasteiger partial charge >= 0.3 is 5.97 Å². The van der Waals surface area contributed by atoms with Crippen LogP contribution in [-0.2, 0) is 16.6 Å². The highest BCUT2D eigenvalue weighted by Gasteiger charge is 2.29. The Morgan fingerprint density at radius 3 is 2.59 bits per heavy atom. The Morgan fingerprint density at radius 2 is 1.93 bits per heavy atom. The largest absolute Gasteiger partial charge is 0.502 e. The number of aryl methyl sites for hydroxylation is 2. The van der Waals surface area contributed by atoms with Crippen molar-refractivity contribution in [2.24, 2.45) is 7.05 Å². The van der Waals surface area contributed by atoms with E-state index in [1.807, 2.05) is 0 Å². The number of pyridine rings is 1. The van der Waals surface area contributed by atoms with Crippen LogP contribution >= 0.6 is 0 Å². The molecule has 2 heterocycles. The van der Waals surface area contributed by atoms with E-state index in [9.17, 15) is 19.5 Å². The number of carbonyl (C=O) groups is 1. The van der Waals surface area contributed by atoms with Gasteiger partial charge in [-0.2, -0.15) is 0 Å². The topological polar surface area (TPSA) is 108 Å². The summed E-state index contributed by atoms with van der Waals surface area (Å²) < 4.78 is 16.9. The Hall–Kier alpha value is -3.55. The maximum absolute atomic E-state index is 13.1. The molecule has 8 heteroatoms. The number of hydrogen-bond donors (Lipinski definition) is 1. The van der Waals surface area contributed by atoms with E-state index < -0.39 is 28.6 Å². The molecule has 0 saturated carbocycles. The van der Waals surface area contributed by atoms with Crippen LogP contribution in [0.25, 0.3) is 10.9 Å². The molecule has 0 aliphatic heterocycles. The van der Waals surface area contributed by atoms with Crippen LogP contribution in [0.3, 0.4) is 0 Å². The molecule has 0 saturated heterocycles. The van der Waals surface area contributed by atoms with Crippen molar-refractivity contribution < 1.29 is 23.8 Å². The average Bonchev–Trinajstić information content (AvgIpc) is 2.71.